The summed E-state index contributed by atoms with van der Waals surface area (Å²) in [5.74, 6) is 0. The molecular formula is C9H15Cl2N3. The van der Waals surface area contributed by atoms with Crippen molar-refractivity contribution in [2.75, 3.05) is 12.3 Å². The van der Waals surface area contributed by atoms with E-state index in [1.165, 1.54) is 0 Å². The summed E-state index contributed by atoms with van der Waals surface area (Å²) in [6, 6.07) is 5.17. The van der Waals surface area contributed by atoms with Gasteiger partial charge in [-0.2, -0.15) is 0 Å². The Balaban J connectivity index is 0.00000169. The highest BCUT2D eigenvalue weighted by Gasteiger charge is 2.08. The maximum absolute atomic E-state index is 5.86. The molecule has 0 aliphatic heterocycles. The zero-order valence-electron chi connectivity index (χ0n) is 7.74. The lowest BCUT2D eigenvalue weighted by Crippen LogP contribution is -2.16. The van der Waals surface area contributed by atoms with E-state index in [1.54, 1.807) is 18.2 Å². The van der Waals surface area contributed by atoms with Gasteiger partial charge in [-0.25, -0.2) is 0 Å². The first kappa shape index (κ1) is 13.5. The lowest BCUT2D eigenvalue weighted by Gasteiger charge is -2.13. The molecule has 0 unspecified atom stereocenters. The topological polar surface area (TPSA) is 78.1 Å². The summed E-state index contributed by atoms with van der Waals surface area (Å²) in [5, 5.41) is 0.650. The third-order valence-corrected chi connectivity index (χ3v) is 2.16. The second-order valence-corrected chi connectivity index (χ2v) is 3.39. The Morgan fingerprint density at radius 1 is 1.36 bits per heavy atom. The first-order valence-corrected chi connectivity index (χ1v) is 4.53. The molecule has 0 amide bonds. The van der Waals surface area contributed by atoms with Gasteiger partial charge in [-0.05, 0) is 36.7 Å². The highest BCUT2D eigenvalue weighted by Crippen LogP contribution is 2.24. The average Bonchev–Trinajstić information content (AvgIpc) is 2.09. The molecular weight excluding hydrogens is 221 g/mol. The minimum Gasteiger partial charge on any atom is -0.398 e. The molecule has 0 aliphatic carbocycles. The van der Waals surface area contributed by atoms with Crippen LogP contribution in [0.4, 0.5) is 5.69 Å². The van der Waals surface area contributed by atoms with Gasteiger partial charge in [-0.1, -0.05) is 11.6 Å². The lowest BCUT2D eigenvalue weighted by molar-refractivity contribution is 0.663. The zero-order valence-corrected chi connectivity index (χ0v) is 9.31. The van der Waals surface area contributed by atoms with Crippen molar-refractivity contribution in [1.29, 1.82) is 0 Å². The zero-order chi connectivity index (χ0) is 9.84. The summed E-state index contributed by atoms with van der Waals surface area (Å²) in [6.07, 6.45) is 0.713. The van der Waals surface area contributed by atoms with Crippen LogP contribution in [0.2, 0.25) is 5.02 Å². The summed E-state index contributed by atoms with van der Waals surface area (Å²) < 4.78 is 0. The van der Waals surface area contributed by atoms with Gasteiger partial charge in [0.1, 0.15) is 0 Å². The number of hydrogen-bond acceptors (Lipinski definition) is 3. The Labute approximate surface area is 95.0 Å². The molecule has 0 aromatic heterocycles. The first-order chi connectivity index (χ1) is 6.15. The molecule has 3 nitrogen and oxygen atoms in total. The number of nitrogens with two attached hydrogens (primary N) is 3. The van der Waals surface area contributed by atoms with E-state index < -0.39 is 0 Å². The number of rotatable bonds is 3. The number of halogens is 2. The van der Waals surface area contributed by atoms with E-state index in [9.17, 15) is 0 Å². The minimum absolute atomic E-state index is 0. The van der Waals surface area contributed by atoms with Gasteiger partial charge < -0.3 is 17.2 Å². The molecule has 0 spiro atoms. The molecule has 5 heteroatoms. The Morgan fingerprint density at radius 3 is 2.57 bits per heavy atom. The third kappa shape index (κ3) is 3.35. The molecule has 0 heterocycles. The van der Waals surface area contributed by atoms with E-state index in [0.717, 1.165) is 5.56 Å². The maximum atomic E-state index is 5.86. The minimum atomic E-state index is -0.122. The van der Waals surface area contributed by atoms with Crippen molar-refractivity contribution in [2.45, 2.75) is 12.5 Å². The van der Waals surface area contributed by atoms with Crippen LogP contribution in [0.25, 0.3) is 0 Å². The van der Waals surface area contributed by atoms with Crippen LogP contribution in [-0.2, 0) is 0 Å². The fraction of sp³-hybridized carbons (Fsp3) is 0.333. The first-order valence-electron chi connectivity index (χ1n) is 4.15. The van der Waals surface area contributed by atoms with Crippen molar-refractivity contribution in [1.82, 2.24) is 0 Å². The van der Waals surface area contributed by atoms with Crippen molar-refractivity contribution in [2.24, 2.45) is 11.5 Å². The third-order valence-electron chi connectivity index (χ3n) is 1.93. The summed E-state index contributed by atoms with van der Waals surface area (Å²) >= 11 is 5.82. The van der Waals surface area contributed by atoms with Gasteiger partial charge >= 0.3 is 0 Å². The predicted molar refractivity (Wildman–Crippen MR) is 63.7 cm³/mol. The molecule has 1 atom stereocenters. The molecule has 0 radical (unpaired) electrons. The Morgan fingerprint density at radius 2 is 2.00 bits per heavy atom. The molecule has 0 saturated heterocycles. The second kappa shape index (κ2) is 6.09. The molecule has 0 bridgehead atoms. The number of benzene rings is 1. The standard InChI is InChI=1S/C9H14ClN3.ClH/c10-6-1-2-8(12)7(5-6)9(13)3-4-11;/h1-2,5,9H,3-4,11-13H2;1H/t9-;/m0./s1. The molecule has 0 saturated carbocycles. The van der Waals surface area contributed by atoms with E-state index in [-0.39, 0.29) is 18.4 Å². The number of hydrogen-bond donors (Lipinski definition) is 3. The highest BCUT2D eigenvalue weighted by atomic mass is 35.5. The number of anilines is 1. The molecule has 0 fully saturated rings. The SMILES string of the molecule is Cl.NCC[C@H](N)c1cc(Cl)ccc1N. The van der Waals surface area contributed by atoms with E-state index in [2.05, 4.69) is 0 Å². The van der Waals surface area contributed by atoms with E-state index >= 15 is 0 Å². The maximum Gasteiger partial charge on any atom is 0.0410 e. The second-order valence-electron chi connectivity index (χ2n) is 2.96. The van der Waals surface area contributed by atoms with Gasteiger partial charge in [0.05, 0.1) is 0 Å². The predicted octanol–water partition coefficient (Wildman–Crippen LogP) is 1.69. The van der Waals surface area contributed by atoms with Crippen LogP contribution in [0.15, 0.2) is 18.2 Å². The Bertz CT molecular complexity index is 291. The van der Waals surface area contributed by atoms with Crippen molar-refractivity contribution < 1.29 is 0 Å². The highest BCUT2D eigenvalue weighted by molar-refractivity contribution is 6.30. The normalized spacial score (nSPS) is 11.9. The monoisotopic (exact) mass is 235 g/mol. The van der Waals surface area contributed by atoms with E-state index in [0.29, 0.717) is 23.7 Å². The van der Waals surface area contributed by atoms with Crippen molar-refractivity contribution in [3.63, 3.8) is 0 Å². The molecule has 80 valence electrons. The molecule has 0 aliphatic rings. The van der Waals surface area contributed by atoms with Gasteiger partial charge in [-0.15, -0.1) is 12.4 Å². The van der Waals surface area contributed by atoms with Crippen LogP contribution < -0.4 is 17.2 Å². The summed E-state index contributed by atoms with van der Waals surface area (Å²) in [4.78, 5) is 0. The van der Waals surface area contributed by atoms with Crippen molar-refractivity contribution in [3.8, 4) is 0 Å². The van der Waals surface area contributed by atoms with Crippen LogP contribution in [0, 0.1) is 0 Å². The van der Waals surface area contributed by atoms with Gasteiger partial charge in [0.2, 0.25) is 0 Å². The molecule has 14 heavy (non-hydrogen) atoms. The fourth-order valence-corrected chi connectivity index (χ4v) is 1.38. The number of nitrogen functional groups attached to an aromatic ring is 1. The lowest BCUT2D eigenvalue weighted by atomic mass is 10.0. The Hall–Kier alpha value is -0.480. The summed E-state index contributed by atoms with van der Waals surface area (Å²) in [5.41, 5.74) is 18.5. The van der Waals surface area contributed by atoms with Crippen LogP contribution in [0.1, 0.15) is 18.0 Å². The summed E-state index contributed by atoms with van der Waals surface area (Å²) in [7, 11) is 0. The molecule has 6 N–H and O–H groups in total. The van der Waals surface area contributed by atoms with E-state index in [1.807, 2.05) is 0 Å². The van der Waals surface area contributed by atoms with Gasteiger partial charge in [0.15, 0.2) is 0 Å². The van der Waals surface area contributed by atoms with Gasteiger partial charge in [0.25, 0.3) is 0 Å². The Kier molecular flexibility index (Phi) is 5.88. The smallest absolute Gasteiger partial charge is 0.0410 e. The van der Waals surface area contributed by atoms with Crippen LogP contribution in [0.5, 0.6) is 0 Å². The van der Waals surface area contributed by atoms with Gasteiger partial charge in [-0.3, -0.25) is 0 Å². The summed E-state index contributed by atoms with van der Waals surface area (Å²) in [6.45, 7) is 0.549. The van der Waals surface area contributed by atoms with Crippen molar-refractivity contribution in [3.05, 3.63) is 28.8 Å². The van der Waals surface area contributed by atoms with Crippen LogP contribution in [0.3, 0.4) is 0 Å². The molecule has 1 rings (SSSR count). The quantitative estimate of drug-likeness (QED) is 0.699. The fourth-order valence-electron chi connectivity index (χ4n) is 1.20. The molecule has 1 aromatic carbocycles. The largest absolute Gasteiger partial charge is 0.398 e. The average molecular weight is 236 g/mol. The molecule has 1 aromatic rings. The van der Waals surface area contributed by atoms with Crippen molar-refractivity contribution >= 4 is 29.7 Å². The van der Waals surface area contributed by atoms with E-state index in [4.69, 9.17) is 28.8 Å². The van der Waals surface area contributed by atoms with Crippen LogP contribution in [-0.4, -0.2) is 6.54 Å². The van der Waals surface area contributed by atoms with Gasteiger partial charge in [0, 0.05) is 16.8 Å². The van der Waals surface area contributed by atoms with Crippen LogP contribution >= 0.6 is 24.0 Å².